The van der Waals surface area contributed by atoms with Gasteiger partial charge in [0.25, 0.3) is 9.04 Å². The standard InChI is InChI=1S/C22H24O4Si/c1-22(2,3)18-15-25-19(14-23)21(20(18)24)26-27(16-10-6-4-7-11-16)17-12-8-5-9-13-17/h4-13,15,23,27H,14H2,1-3H3. The highest BCUT2D eigenvalue weighted by molar-refractivity contribution is 6.80. The first-order valence-corrected chi connectivity index (χ1v) is 10.6. The minimum absolute atomic E-state index is 0.120. The second kappa shape index (κ2) is 7.94. The molecule has 140 valence electrons. The molecule has 0 atom stereocenters. The summed E-state index contributed by atoms with van der Waals surface area (Å²) < 4.78 is 11.9. The second-order valence-electron chi connectivity index (χ2n) is 7.46. The Kier molecular flexibility index (Phi) is 5.63. The smallest absolute Gasteiger partial charge is 0.299 e. The fourth-order valence-corrected chi connectivity index (χ4v) is 5.21. The fraction of sp³-hybridized carbons (Fsp3) is 0.227. The Morgan fingerprint density at radius 2 is 1.48 bits per heavy atom. The van der Waals surface area contributed by atoms with E-state index < -0.39 is 9.04 Å². The largest absolute Gasteiger partial charge is 0.532 e. The van der Waals surface area contributed by atoms with Gasteiger partial charge in [-0.3, -0.25) is 4.79 Å². The summed E-state index contributed by atoms with van der Waals surface area (Å²) in [6, 6.07) is 19.8. The average Bonchev–Trinajstić information content (AvgIpc) is 2.67. The van der Waals surface area contributed by atoms with E-state index in [1.54, 1.807) is 0 Å². The maximum atomic E-state index is 13.1. The molecule has 1 N–H and O–H groups in total. The summed E-state index contributed by atoms with van der Waals surface area (Å²) in [6.45, 7) is 5.46. The molecule has 0 saturated heterocycles. The summed E-state index contributed by atoms with van der Waals surface area (Å²) in [6.07, 6.45) is 1.43. The first-order valence-electron chi connectivity index (χ1n) is 8.94. The highest BCUT2D eigenvalue weighted by Crippen LogP contribution is 2.24. The predicted molar refractivity (Wildman–Crippen MR) is 110 cm³/mol. The molecule has 0 aliphatic heterocycles. The molecule has 3 rings (SSSR count). The summed E-state index contributed by atoms with van der Waals surface area (Å²) >= 11 is 0. The molecule has 0 fully saturated rings. The van der Waals surface area contributed by atoms with Gasteiger partial charge in [0.2, 0.25) is 5.43 Å². The Morgan fingerprint density at radius 3 is 1.93 bits per heavy atom. The van der Waals surface area contributed by atoms with Crippen LogP contribution >= 0.6 is 0 Å². The van der Waals surface area contributed by atoms with Gasteiger partial charge in [-0.15, -0.1) is 0 Å². The molecule has 5 heteroatoms. The van der Waals surface area contributed by atoms with Crippen LogP contribution < -0.4 is 20.2 Å². The number of hydrogen-bond donors (Lipinski definition) is 1. The van der Waals surface area contributed by atoms with E-state index in [4.69, 9.17) is 8.84 Å². The van der Waals surface area contributed by atoms with Crippen LogP contribution in [0.1, 0.15) is 32.1 Å². The van der Waals surface area contributed by atoms with Gasteiger partial charge in [-0.1, -0.05) is 81.4 Å². The molecule has 1 heterocycles. The molecule has 1 aromatic heterocycles. The van der Waals surface area contributed by atoms with Crippen molar-refractivity contribution in [3.63, 3.8) is 0 Å². The quantitative estimate of drug-likeness (QED) is 0.691. The van der Waals surface area contributed by atoms with Gasteiger partial charge in [-0.25, -0.2) is 0 Å². The number of aliphatic hydroxyl groups is 1. The predicted octanol–water partition coefficient (Wildman–Crippen LogP) is 2.35. The minimum atomic E-state index is -2.19. The normalized spacial score (nSPS) is 11.6. The number of aliphatic hydroxyl groups excluding tert-OH is 1. The molecule has 2 aromatic carbocycles. The number of hydrogen-bond acceptors (Lipinski definition) is 4. The van der Waals surface area contributed by atoms with Crippen LogP contribution in [0.25, 0.3) is 0 Å². The van der Waals surface area contributed by atoms with E-state index in [1.807, 2.05) is 81.4 Å². The van der Waals surface area contributed by atoms with E-state index in [1.165, 1.54) is 6.26 Å². The lowest BCUT2D eigenvalue weighted by Crippen LogP contribution is -2.48. The zero-order valence-corrected chi connectivity index (χ0v) is 17.0. The van der Waals surface area contributed by atoms with Crippen molar-refractivity contribution in [1.29, 1.82) is 0 Å². The Morgan fingerprint density at radius 1 is 0.963 bits per heavy atom. The lowest BCUT2D eigenvalue weighted by molar-refractivity contribution is 0.236. The maximum absolute atomic E-state index is 13.1. The van der Waals surface area contributed by atoms with Gasteiger partial charge in [-0.2, -0.15) is 0 Å². The Balaban J connectivity index is 2.13. The van der Waals surface area contributed by atoms with Gasteiger partial charge < -0.3 is 13.9 Å². The van der Waals surface area contributed by atoms with Crippen LogP contribution in [-0.2, 0) is 12.0 Å². The van der Waals surface area contributed by atoms with Crippen molar-refractivity contribution in [1.82, 2.24) is 0 Å². The third-order valence-corrected chi connectivity index (χ3v) is 6.87. The summed E-state index contributed by atoms with van der Waals surface area (Å²) in [5, 5.41) is 11.8. The van der Waals surface area contributed by atoms with Crippen molar-refractivity contribution in [3.8, 4) is 5.75 Å². The highest BCUT2D eigenvalue weighted by atomic mass is 28.3. The fourth-order valence-electron chi connectivity index (χ4n) is 2.93. The van der Waals surface area contributed by atoms with Gasteiger partial charge >= 0.3 is 0 Å². The molecule has 0 bridgehead atoms. The maximum Gasteiger partial charge on any atom is 0.299 e. The first kappa shape index (κ1) is 19.1. The molecule has 0 radical (unpaired) electrons. The molecule has 27 heavy (non-hydrogen) atoms. The van der Waals surface area contributed by atoms with E-state index in [0.717, 1.165) is 10.4 Å². The zero-order chi connectivity index (χ0) is 19.4. The first-order chi connectivity index (χ1) is 12.9. The van der Waals surface area contributed by atoms with Crippen LogP contribution in [0.15, 0.2) is 76.1 Å². The van der Waals surface area contributed by atoms with Crippen LogP contribution in [0, 0.1) is 0 Å². The summed E-state index contributed by atoms with van der Waals surface area (Å²) in [5.41, 5.74) is -0.0748. The lowest BCUT2D eigenvalue weighted by Gasteiger charge is -2.22. The molecule has 0 unspecified atom stereocenters. The molecule has 0 saturated carbocycles. The number of benzene rings is 2. The van der Waals surface area contributed by atoms with Crippen molar-refractivity contribution >= 4 is 19.4 Å². The van der Waals surface area contributed by atoms with E-state index in [-0.39, 0.29) is 29.0 Å². The molecular formula is C22H24O4Si. The summed E-state index contributed by atoms with van der Waals surface area (Å²) in [4.78, 5) is 13.1. The second-order valence-corrected chi connectivity index (χ2v) is 9.79. The third kappa shape index (κ3) is 4.21. The Hall–Kier alpha value is -2.63. The average molecular weight is 381 g/mol. The van der Waals surface area contributed by atoms with Gasteiger partial charge in [0.05, 0.1) is 6.26 Å². The van der Waals surface area contributed by atoms with Crippen LogP contribution in [0.5, 0.6) is 5.75 Å². The van der Waals surface area contributed by atoms with Crippen LogP contribution in [0.4, 0.5) is 0 Å². The summed E-state index contributed by atoms with van der Waals surface area (Å²) in [7, 11) is -2.19. The van der Waals surface area contributed by atoms with E-state index in [2.05, 4.69) is 0 Å². The van der Waals surface area contributed by atoms with E-state index >= 15 is 0 Å². The van der Waals surface area contributed by atoms with E-state index in [9.17, 15) is 9.90 Å². The van der Waals surface area contributed by atoms with Crippen molar-refractivity contribution in [2.75, 3.05) is 0 Å². The van der Waals surface area contributed by atoms with Crippen LogP contribution in [0.2, 0.25) is 0 Å². The highest BCUT2D eigenvalue weighted by Gasteiger charge is 2.27. The Bertz CT molecular complexity index is 904. The summed E-state index contributed by atoms with van der Waals surface area (Å²) in [5.74, 6) is 0.284. The molecule has 3 aromatic rings. The van der Waals surface area contributed by atoms with Crippen LogP contribution in [0.3, 0.4) is 0 Å². The van der Waals surface area contributed by atoms with Gasteiger partial charge in [-0.05, 0) is 15.8 Å². The van der Waals surface area contributed by atoms with Gasteiger partial charge in [0.15, 0.2) is 11.5 Å². The van der Waals surface area contributed by atoms with Crippen LogP contribution in [-0.4, -0.2) is 14.1 Å². The topological polar surface area (TPSA) is 59.7 Å². The molecule has 0 aliphatic carbocycles. The van der Waals surface area contributed by atoms with Crippen molar-refractivity contribution in [2.45, 2.75) is 32.8 Å². The number of rotatable bonds is 5. The minimum Gasteiger partial charge on any atom is -0.532 e. The molecule has 4 nitrogen and oxygen atoms in total. The Labute approximate surface area is 160 Å². The van der Waals surface area contributed by atoms with Crippen molar-refractivity contribution in [2.24, 2.45) is 0 Å². The third-order valence-electron chi connectivity index (χ3n) is 4.42. The van der Waals surface area contributed by atoms with E-state index in [0.29, 0.717) is 5.56 Å². The molecule has 0 aliphatic rings. The molecule has 0 amide bonds. The van der Waals surface area contributed by atoms with Crippen molar-refractivity contribution < 1.29 is 13.9 Å². The lowest BCUT2D eigenvalue weighted by atomic mass is 9.88. The SMILES string of the molecule is CC(C)(C)c1coc(CO)c(O[SiH](c2ccccc2)c2ccccc2)c1=O. The zero-order valence-electron chi connectivity index (χ0n) is 15.8. The monoisotopic (exact) mass is 380 g/mol. The van der Waals surface area contributed by atoms with Gasteiger partial charge in [0.1, 0.15) is 6.61 Å². The molecule has 0 spiro atoms. The van der Waals surface area contributed by atoms with Gasteiger partial charge in [0, 0.05) is 5.56 Å². The molecular weight excluding hydrogens is 356 g/mol. The van der Waals surface area contributed by atoms with Crippen molar-refractivity contribution in [3.05, 3.63) is 88.5 Å².